The molecular formula is C30H32F4. The SMILES string of the molecule is CCCC1CCC(c2ccc(-c3ccc(CCc4ccc(C)c(F)c4F)cc3)c(F)c2F)CC1. The second-order valence-electron chi connectivity index (χ2n) is 9.70. The van der Waals surface area contributed by atoms with E-state index in [4.69, 9.17) is 0 Å². The molecule has 0 aromatic heterocycles. The van der Waals surface area contributed by atoms with Gasteiger partial charge in [-0.05, 0) is 85.1 Å². The molecule has 0 nitrogen and oxygen atoms in total. The Morgan fingerprint density at radius 3 is 2.09 bits per heavy atom. The fourth-order valence-electron chi connectivity index (χ4n) is 5.28. The number of hydrogen-bond donors (Lipinski definition) is 0. The van der Waals surface area contributed by atoms with Crippen LogP contribution < -0.4 is 0 Å². The predicted molar refractivity (Wildman–Crippen MR) is 130 cm³/mol. The molecule has 180 valence electrons. The predicted octanol–water partition coefficient (Wildman–Crippen LogP) is 9.08. The second kappa shape index (κ2) is 10.8. The van der Waals surface area contributed by atoms with Crippen LogP contribution in [0.25, 0.3) is 11.1 Å². The summed E-state index contributed by atoms with van der Waals surface area (Å²) in [7, 11) is 0. The van der Waals surface area contributed by atoms with Crippen LogP contribution in [-0.4, -0.2) is 0 Å². The highest BCUT2D eigenvalue weighted by Gasteiger charge is 2.26. The molecule has 1 aliphatic rings. The van der Waals surface area contributed by atoms with Crippen LogP contribution >= 0.6 is 0 Å². The van der Waals surface area contributed by atoms with Gasteiger partial charge in [-0.1, -0.05) is 68.3 Å². The van der Waals surface area contributed by atoms with Gasteiger partial charge in [0.2, 0.25) is 0 Å². The van der Waals surface area contributed by atoms with Gasteiger partial charge in [0, 0.05) is 5.56 Å². The Morgan fingerprint density at radius 2 is 1.41 bits per heavy atom. The minimum absolute atomic E-state index is 0.0889. The van der Waals surface area contributed by atoms with E-state index in [-0.39, 0.29) is 17.0 Å². The van der Waals surface area contributed by atoms with Crippen molar-refractivity contribution in [1.29, 1.82) is 0 Å². The van der Waals surface area contributed by atoms with E-state index in [0.29, 0.717) is 35.4 Å². The Balaban J connectivity index is 1.44. The number of rotatable bonds is 7. The molecule has 3 aromatic carbocycles. The molecule has 4 rings (SSSR count). The average Bonchev–Trinajstić information content (AvgIpc) is 2.85. The van der Waals surface area contributed by atoms with Crippen LogP contribution in [0.1, 0.15) is 73.6 Å². The van der Waals surface area contributed by atoms with E-state index in [1.54, 1.807) is 36.4 Å². The fraction of sp³-hybridized carbons (Fsp3) is 0.400. The first-order valence-corrected chi connectivity index (χ1v) is 12.4. The molecule has 3 aromatic rings. The number of halogens is 4. The van der Waals surface area contributed by atoms with Crippen LogP contribution in [0.3, 0.4) is 0 Å². The molecule has 0 N–H and O–H groups in total. The zero-order valence-electron chi connectivity index (χ0n) is 19.9. The second-order valence-corrected chi connectivity index (χ2v) is 9.70. The van der Waals surface area contributed by atoms with Crippen molar-refractivity contribution in [2.45, 2.75) is 71.1 Å². The third-order valence-corrected chi connectivity index (χ3v) is 7.40. The summed E-state index contributed by atoms with van der Waals surface area (Å²) in [6.07, 6.45) is 7.28. The van der Waals surface area contributed by atoms with E-state index in [1.807, 2.05) is 12.1 Å². The van der Waals surface area contributed by atoms with E-state index < -0.39 is 23.3 Å². The minimum atomic E-state index is -0.803. The van der Waals surface area contributed by atoms with Crippen molar-refractivity contribution in [2.24, 2.45) is 5.92 Å². The fourth-order valence-corrected chi connectivity index (χ4v) is 5.28. The summed E-state index contributed by atoms with van der Waals surface area (Å²) in [5.74, 6) is -2.31. The van der Waals surface area contributed by atoms with Gasteiger partial charge >= 0.3 is 0 Å². The van der Waals surface area contributed by atoms with Gasteiger partial charge in [-0.15, -0.1) is 0 Å². The van der Waals surface area contributed by atoms with Gasteiger partial charge in [-0.3, -0.25) is 0 Å². The van der Waals surface area contributed by atoms with Crippen molar-refractivity contribution in [3.8, 4) is 11.1 Å². The molecule has 0 saturated heterocycles. The number of aryl methyl sites for hydroxylation is 3. The van der Waals surface area contributed by atoms with Gasteiger partial charge in [-0.2, -0.15) is 0 Å². The molecule has 1 saturated carbocycles. The summed E-state index contributed by atoms with van der Waals surface area (Å²) in [6, 6.07) is 13.8. The highest BCUT2D eigenvalue weighted by molar-refractivity contribution is 5.65. The molecular weight excluding hydrogens is 436 g/mol. The zero-order chi connectivity index (χ0) is 24.2. The van der Waals surface area contributed by atoms with Gasteiger partial charge in [-0.25, -0.2) is 17.6 Å². The Labute approximate surface area is 200 Å². The van der Waals surface area contributed by atoms with Crippen LogP contribution in [0.15, 0.2) is 48.5 Å². The lowest BCUT2D eigenvalue weighted by Crippen LogP contribution is -2.14. The van der Waals surface area contributed by atoms with Crippen LogP contribution in [0, 0.1) is 36.1 Å². The summed E-state index contributed by atoms with van der Waals surface area (Å²) in [5.41, 5.74) is 2.89. The Bertz CT molecular complexity index is 1130. The van der Waals surface area contributed by atoms with E-state index in [0.717, 1.165) is 31.2 Å². The lowest BCUT2D eigenvalue weighted by molar-refractivity contribution is 0.303. The molecule has 0 radical (unpaired) electrons. The van der Waals surface area contributed by atoms with Gasteiger partial charge in [0.05, 0.1) is 0 Å². The highest BCUT2D eigenvalue weighted by Crippen LogP contribution is 2.40. The average molecular weight is 469 g/mol. The molecule has 4 heteroatoms. The standard InChI is InChI=1S/C30H32F4/c1-3-4-20-6-12-22(13-7-20)25-17-18-26(30(34)29(25)33)23-14-8-21(9-15-23)10-16-24-11-5-19(2)27(31)28(24)32/h5,8-9,11,14-15,17-18,20,22H,3-4,6-7,10,12-13,16H2,1-2H3. The van der Waals surface area contributed by atoms with E-state index >= 15 is 8.78 Å². The van der Waals surface area contributed by atoms with Crippen molar-refractivity contribution in [1.82, 2.24) is 0 Å². The van der Waals surface area contributed by atoms with Gasteiger partial charge in [0.1, 0.15) is 0 Å². The number of hydrogen-bond acceptors (Lipinski definition) is 0. The quantitative estimate of drug-likeness (QED) is 0.303. The van der Waals surface area contributed by atoms with Crippen molar-refractivity contribution >= 4 is 0 Å². The third-order valence-electron chi connectivity index (χ3n) is 7.40. The molecule has 0 unspecified atom stereocenters. The highest BCUT2D eigenvalue weighted by atomic mass is 19.2. The van der Waals surface area contributed by atoms with Crippen LogP contribution in [0.4, 0.5) is 17.6 Å². The molecule has 0 spiro atoms. The first kappa shape index (κ1) is 24.5. The monoisotopic (exact) mass is 468 g/mol. The summed E-state index contributed by atoms with van der Waals surface area (Å²) in [4.78, 5) is 0. The van der Waals surface area contributed by atoms with E-state index in [1.165, 1.54) is 19.8 Å². The van der Waals surface area contributed by atoms with Gasteiger partial charge in [0.15, 0.2) is 23.3 Å². The molecule has 1 aliphatic carbocycles. The Hall–Kier alpha value is -2.62. The summed E-state index contributed by atoms with van der Waals surface area (Å²) >= 11 is 0. The van der Waals surface area contributed by atoms with Crippen LogP contribution in [-0.2, 0) is 12.8 Å². The lowest BCUT2D eigenvalue weighted by Gasteiger charge is -2.29. The summed E-state index contributed by atoms with van der Waals surface area (Å²) in [6.45, 7) is 3.73. The van der Waals surface area contributed by atoms with Crippen LogP contribution in [0.5, 0.6) is 0 Å². The zero-order valence-corrected chi connectivity index (χ0v) is 19.9. The van der Waals surface area contributed by atoms with Crippen molar-refractivity contribution < 1.29 is 17.6 Å². The maximum Gasteiger partial charge on any atom is 0.166 e. The molecule has 1 fully saturated rings. The molecule has 0 bridgehead atoms. The molecule has 34 heavy (non-hydrogen) atoms. The normalized spacial score (nSPS) is 18.3. The maximum atomic E-state index is 15.0. The molecule has 0 amide bonds. The summed E-state index contributed by atoms with van der Waals surface area (Å²) in [5, 5.41) is 0. The first-order chi connectivity index (χ1) is 16.4. The molecule has 0 heterocycles. The number of benzene rings is 3. The topological polar surface area (TPSA) is 0 Å². The first-order valence-electron chi connectivity index (χ1n) is 12.4. The third kappa shape index (κ3) is 5.21. The lowest BCUT2D eigenvalue weighted by atomic mass is 9.77. The molecule has 0 atom stereocenters. The Morgan fingerprint density at radius 1 is 0.706 bits per heavy atom. The molecule has 0 aliphatic heterocycles. The minimum Gasteiger partial charge on any atom is -0.203 e. The summed E-state index contributed by atoms with van der Waals surface area (Å²) < 4.78 is 57.9. The largest absolute Gasteiger partial charge is 0.203 e. The van der Waals surface area contributed by atoms with E-state index in [9.17, 15) is 8.78 Å². The maximum absolute atomic E-state index is 15.0. The van der Waals surface area contributed by atoms with Gasteiger partial charge < -0.3 is 0 Å². The van der Waals surface area contributed by atoms with Gasteiger partial charge in [0.25, 0.3) is 0 Å². The smallest absolute Gasteiger partial charge is 0.166 e. The van der Waals surface area contributed by atoms with Crippen molar-refractivity contribution in [3.63, 3.8) is 0 Å². The van der Waals surface area contributed by atoms with Crippen LogP contribution in [0.2, 0.25) is 0 Å². The van der Waals surface area contributed by atoms with Crippen molar-refractivity contribution in [2.75, 3.05) is 0 Å². The van der Waals surface area contributed by atoms with Crippen molar-refractivity contribution in [3.05, 3.63) is 94.1 Å². The van der Waals surface area contributed by atoms with E-state index in [2.05, 4.69) is 6.92 Å². The Kier molecular flexibility index (Phi) is 7.75.